The van der Waals surface area contributed by atoms with Gasteiger partial charge in [-0.1, -0.05) is 46.9 Å². The van der Waals surface area contributed by atoms with Crippen LogP contribution in [0.4, 0.5) is 9.18 Å². The number of hydrogen-bond donors (Lipinski definition) is 0. The lowest BCUT2D eigenvalue weighted by Crippen LogP contribution is -2.28. The van der Waals surface area contributed by atoms with Crippen molar-refractivity contribution in [3.05, 3.63) is 73.3 Å². The zero-order chi connectivity index (χ0) is 18.1. The Morgan fingerprint density at radius 1 is 1.00 bits per heavy atom. The molecule has 1 heterocycles. The van der Waals surface area contributed by atoms with E-state index in [0.29, 0.717) is 15.6 Å². The van der Waals surface area contributed by atoms with Gasteiger partial charge in [-0.25, -0.2) is 4.39 Å². The summed E-state index contributed by atoms with van der Waals surface area (Å²) in [5, 5.41) is 0.351. The molecule has 2 aromatic carbocycles. The normalized spacial score (nSPS) is 16.2. The average Bonchev–Trinajstić information content (AvgIpc) is 2.81. The number of halogens is 4. The molecule has 2 aromatic rings. The molecule has 0 spiro atoms. The zero-order valence-electron chi connectivity index (χ0n) is 12.4. The summed E-state index contributed by atoms with van der Waals surface area (Å²) in [6, 6.07) is 9.10. The standard InChI is InChI=1S/C17H9Cl3FNO2S/c18-11-3-1-4-12(19)9(11)7-15-16(23)22(17(24)25-15)8-10-13(20)5-2-6-14(10)21/h1-7H,8H2. The molecule has 2 amide bonds. The number of benzene rings is 2. The fourth-order valence-electron chi connectivity index (χ4n) is 2.26. The van der Waals surface area contributed by atoms with E-state index in [-0.39, 0.29) is 22.0 Å². The Kier molecular flexibility index (Phi) is 5.39. The van der Waals surface area contributed by atoms with Gasteiger partial charge in [0.2, 0.25) is 0 Å². The highest BCUT2D eigenvalue weighted by molar-refractivity contribution is 8.18. The van der Waals surface area contributed by atoms with Crippen molar-refractivity contribution < 1.29 is 14.0 Å². The quantitative estimate of drug-likeness (QED) is 0.574. The van der Waals surface area contributed by atoms with Gasteiger partial charge in [-0.05, 0) is 42.1 Å². The Hall–Kier alpha value is -1.53. The van der Waals surface area contributed by atoms with Gasteiger partial charge in [0.25, 0.3) is 11.1 Å². The number of thioether (sulfide) groups is 1. The number of carbonyl (C=O) groups is 2. The maximum absolute atomic E-state index is 13.9. The van der Waals surface area contributed by atoms with E-state index >= 15 is 0 Å². The number of rotatable bonds is 3. The Labute approximate surface area is 162 Å². The second-order valence-electron chi connectivity index (χ2n) is 5.10. The summed E-state index contributed by atoms with van der Waals surface area (Å²) in [7, 11) is 0. The molecule has 1 saturated heterocycles. The number of nitrogens with zero attached hydrogens (tertiary/aromatic N) is 1. The molecule has 3 nitrogen and oxygen atoms in total. The minimum atomic E-state index is -0.579. The van der Waals surface area contributed by atoms with Crippen LogP contribution >= 0.6 is 46.6 Å². The maximum atomic E-state index is 13.9. The maximum Gasteiger partial charge on any atom is 0.293 e. The third-order valence-electron chi connectivity index (χ3n) is 3.53. The molecule has 0 aromatic heterocycles. The minimum absolute atomic E-state index is 0.0866. The molecule has 0 bridgehead atoms. The van der Waals surface area contributed by atoms with Crippen LogP contribution < -0.4 is 0 Å². The van der Waals surface area contributed by atoms with Crippen LogP contribution in [0.15, 0.2) is 41.3 Å². The first kappa shape index (κ1) is 18.3. The van der Waals surface area contributed by atoms with Crippen molar-refractivity contribution in [2.75, 3.05) is 0 Å². The fraction of sp³-hybridized carbons (Fsp3) is 0.0588. The first-order chi connectivity index (χ1) is 11.9. The van der Waals surface area contributed by atoms with E-state index in [1.807, 2.05) is 0 Å². The highest BCUT2D eigenvalue weighted by Crippen LogP contribution is 2.37. The Morgan fingerprint density at radius 3 is 2.24 bits per heavy atom. The molecule has 8 heteroatoms. The van der Waals surface area contributed by atoms with Gasteiger partial charge in [-0.3, -0.25) is 14.5 Å². The molecule has 0 N–H and O–H groups in total. The summed E-state index contributed by atoms with van der Waals surface area (Å²) in [6.45, 7) is -0.246. The van der Waals surface area contributed by atoms with Gasteiger partial charge in [-0.15, -0.1) is 0 Å². The van der Waals surface area contributed by atoms with E-state index in [1.165, 1.54) is 24.3 Å². The largest absolute Gasteiger partial charge is 0.293 e. The van der Waals surface area contributed by atoms with Crippen molar-refractivity contribution in [2.45, 2.75) is 6.54 Å². The van der Waals surface area contributed by atoms with Crippen molar-refractivity contribution in [2.24, 2.45) is 0 Å². The SMILES string of the molecule is O=C1SC(=Cc2c(Cl)cccc2Cl)C(=O)N1Cc1c(F)cccc1Cl. The number of imide groups is 1. The molecule has 0 atom stereocenters. The number of carbonyl (C=O) groups excluding carboxylic acids is 2. The molecule has 1 aliphatic heterocycles. The van der Waals surface area contributed by atoms with Gasteiger partial charge in [0.05, 0.1) is 11.4 Å². The molecule has 0 saturated carbocycles. The van der Waals surface area contributed by atoms with Gasteiger partial charge in [0, 0.05) is 26.2 Å². The molecular weight excluding hydrogens is 408 g/mol. The predicted octanol–water partition coefficient (Wildman–Crippen LogP) is 6.02. The average molecular weight is 417 g/mol. The van der Waals surface area contributed by atoms with E-state index in [2.05, 4.69) is 0 Å². The van der Waals surface area contributed by atoms with E-state index in [9.17, 15) is 14.0 Å². The van der Waals surface area contributed by atoms with Crippen LogP contribution in [0, 0.1) is 5.82 Å². The summed E-state index contributed by atoms with van der Waals surface area (Å²) in [5.74, 6) is -1.13. The van der Waals surface area contributed by atoms with Crippen LogP contribution in [0.1, 0.15) is 11.1 Å². The molecule has 1 aliphatic rings. The third-order valence-corrected chi connectivity index (χ3v) is 5.45. The molecule has 0 aliphatic carbocycles. The third kappa shape index (κ3) is 3.70. The Morgan fingerprint density at radius 2 is 1.60 bits per heavy atom. The molecule has 25 heavy (non-hydrogen) atoms. The van der Waals surface area contributed by atoms with E-state index in [0.717, 1.165) is 16.7 Å². The van der Waals surface area contributed by atoms with E-state index < -0.39 is 17.0 Å². The van der Waals surface area contributed by atoms with Crippen LogP contribution in [0.2, 0.25) is 15.1 Å². The summed E-state index contributed by atoms with van der Waals surface area (Å²) >= 11 is 18.9. The first-order valence-electron chi connectivity index (χ1n) is 7.00. The van der Waals surface area contributed by atoms with Crippen molar-refractivity contribution in [3.8, 4) is 0 Å². The number of hydrogen-bond acceptors (Lipinski definition) is 3. The van der Waals surface area contributed by atoms with Crippen LogP contribution in [-0.2, 0) is 11.3 Å². The van der Waals surface area contributed by atoms with Crippen LogP contribution in [0.3, 0.4) is 0 Å². The second kappa shape index (κ2) is 7.38. The first-order valence-corrected chi connectivity index (χ1v) is 8.96. The second-order valence-corrected chi connectivity index (χ2v) is 7.32. The molecular formula is C17H9Cl3FNO2S. The molecule has 0 unspecified atom stereocenters. The minimum Gasteiger partial charge on any atom is -0.268 e. The summed E-state index contributed by atoms with van der Waals surface area (Å²) < 4.78 is 13.9. The lowest BCUT2D eigenvalue weighted by atomic mass is 10.2. The van der Waals surface area contributed by atoms with Crippen LogP contribution in [0.5, 0.6) is 0 Å². The van der Waals surface area contributed by atoms with Crippen LogP contribution in [-0.4, -0.2) is 16.0 Å². The molecule has 1 fully saturated rings. The molecule has 3 rings (SSSR count). The van der Waals surface area contributed by atoms with Crippen LogP contribution in [0.25, 0.3) is 6.08 Å². The van der Waals surface area contributed by atoms with Gasteiger partial charge in [0.1, 0.15) is 5.82 Å². The van der Waals surface area contributed by atoms with Gasteiger partial charge in [0.15, 0.2) is 0 Å². The molecule has 128 valence electrons. The van der Waals surface area contributed by atoms with E-state index in [4.69, 9.17) is 34.8 Å². The highest BCUT2D eigenvalue weighted by atomic mass is 35.5. The Balaban J connectivity index is 1.92. The lowest BCUT2D eigenvalue weighted by molar-refractivity contribution is -0.123. The lowest BCUT2D eigenvalue weighted by Gasteiger charge is -2.14. The summed E-state index contributed by atoms with van der Waals surface area (Å²) in [6.07, 6.45) is 1.46. The Bertz CT molecular complexity index is 876. The van der Waals surface area contributed by atoms with E-state index in [1.54, 1.807) is 18.2 Å². The zero-order valence-corrected chi connectivity index (χ0v) is 15.5. The monoisotopic (exact) mass is 415 g/mol. The predicted molar refractivity (Wildman–Crippen MR) is 99.4 cm³/mol. The highest BCUT2D eigenvalue weighted by Gasteiger charge is 2.36. The summed E-state index contributed by atoms with van der Waals surface area (Å²) in [4.78, 5) is 25.8. The van der Waals surface area contributed by atoms with Gasteiger partial charge < -0.3 is 0 Å². The summed E-state index contributed by atoms with van der Waals surface area (Å²) in [5.41, 5.74) is 0.531. The molecule has 0 radical (unpaired) electrons. The topological polar surface area (TPSA) is 37.4 Å². The van der Waals surface area contributed by atoms with Gasteiger partial charge in [-0.2, -0.15) is 0 Å². The van der Waals surface area contributed by atoms with Crippen molar-refractivity contribution in [1.82, 2.24) is 4.90 Å². The fourth-order valence-corrected chi connectivity index (χ4v) is 3.81. The van der Waals surface area contributed by atoms with Crippen molar-refractivity contribution >= 4 is 63.8 Å². The van der Waals surface area contributed by atoms with Crippen molar-refractivity contribution in [3.63, 3.8) is 0 Å². The van der Waals surface area contributed by atoms with Crippen molar-refractivity contribution in [1.29, 1.82) is 0 Å². The van der Waals surface area contributed by atoms with Gasteiger partial charge >= 0.3 is 0 Å². The smallest absolute Gasteiger partial charge is 0.268 e. The number of amides is 2.